The first-order valence-electron chi connectivity index (χ1n) is 7.19. The minimum Gasteiger partial charge on any atom is -0.392 e. The molecule has 2 aromatic heterocycles. The predicted octanol–water partition coefficient (Wildman–Crippen LogP) is 3.92. The zero-order chi connectivity index (χ0) is 17.3. The molecule has 4 nitrogen and oxygen atoms in total. The second kappa shape index (κ2) is 7.23. The van der Waals surface area contributed by atoms with Gasteiger partial charge in [0.15, 0.2) is 5.16 Å². The number of hydrogen-bond donors (Lipinski definition) is 1. The number of nitrogens with zero attached hydrogens (tertiary/aromatic N) is 2. The van der Waals surface area contributed by atoms with E-state index in [-0.39, 0.29) is 17.9 Å². The Hall–Kier alpha value is -1.41. The highest BCUT2D eigenvalue weighted by atomic mass is 35.5. The van der Waals surface area contributed by atoms with Crippen molar-refractivity contribution in [3.8, 4) is 0 Å². The van der Waals surface area contributed by atoms with Crippen LogP contribution in [0.2, 0.25) is 5.02 Å². The van der Waals surface area contributed by atoms with Gasteiger partial charge in [0.05, 0.1) is 18.2 Å². The molecule has 0 aliphatic rings. The predicted molar refractivity (Wildman–Crippen MR) is 96.5 cm³/mol. The number of aliphatic hydroxyl groups is 1. The van der Waals surface area contributed by atoms with E-state index in [1.165, 1.54) is 33.7 Å². The van der Waals surface area contributed by atoms with Gasteiger partial charge in [0.1, 0.15) is 10.5 Å². The highest BCUT2D eigenvalue weighted by Gasteiger charge is 2.16. The van der Waals surface area contributed by atoms with Crippen LogP contribution in [0.15, 0.2) is 39.6 Å². The van der Waals surface area contributed by atoms with Gasteiger partial charge in [-0.1, -0.05) is 29.4 Å². The second-order valence-electron chi connectivity index (χ2n) is 5.28. The Morgan fingerprint density at radius 2 is 2.25 bits per heavy atom. The molecule has 0 amide bonds. The lowest BCUT2D eigenvalue weighted by atomic mass is 10.2. The van der Waals surface area contributed by atoms with Crippen molar-refractivity contribution in [2.24, 2.45) is 0 Å². The fourth-order valence-electron chi connectivity index (χ4n) is 2.27. The lowest BCUT2D eigenvalue weighted by Gasteiger charge is -2.14. The normalized spacial score (nSPS) is 12.7. The van der Waals surface area contributed by atoms with E-state index in [0.29, 0.717) is 26.0 Å². The van der Waals surface area contributed by atoms with Crippen LogP contribution in [-0.4, -0.2) is 20.8 Å². The lowest BCUT2D eigenvalue weighted by Crippen LogP contribution is -2.27. The molecule has 0 radical (unpaired) electrons. The Labute approximate surface area is 150 Å². The van der Waals surface area contributed by atoms with Crippen LogP contribution in [0.25, 0.3) is 10.2 Å². The zero-order valence-corrected chi connectivity index (χ0v) is 15.1. The molecule has 0 bridgehead atoms. The molecule has 8 heteroatoms. The molecule has 1 atom stereocenters. The Morgan fingerprint density at radius 1 is 1.46 bits per heavy atom. The summed E-state index contributed by atoms with van der Waals surface area (Å²) in [6.07, 6.45) is -0.696. The van der Waals surface area contributed by atoms with Crippen LogP contribution >= 0.6 is 34.7 Å². The summed E-state index contributed by atoms with van der Waals surface area (Å²) in [7, 11) is 0. The third kappa shape index (κ3) is 3.49. The number of fused-ring (bicyclic) bond motifs is 1. The minimum atomic E-state index is -0.696. The summed E-state index contributed by atoms with van der Waals surface area (Å²) in [5.41, 5.74) is 0.777. The van der Waals surface area contributed by atoms with Crippen LogP contribution in [0, 0.1) is 5.82 Å². The molecule has 126 valence electrons. The van der Waals surface area contributed by atoms with Crippen molar-refractivity contribution in [2.45, 2.75) is 30.5 Å². The maximum atomic E-state index is 13.9. The summed E-state index contributed by atoms with van der Waals surface area (Å²) in [5, 5.41) is 12.2. The van der Waals surface area contributed by atoms with E-state index in [1.807, 2.05) is 0 Å². The number of thioether (sulfide) groups is 1. The molecule has 3 rings (SSSR count). The molecule has 2 heterocycles. The summed E-state index contributed by atoms with van der Waals surface area (Å²) in [6.45, 7) is 1.74. The van der Waals surface area contributed by atoms with Gasteiger partial charge < -0.3 is 5.11 Å². The van der Waals surface area contributed by atoms with E-state index in [1.54, 1.807) is 30.5 Å². The van der Waals surface area contributed by atoms with Gasteiger partial charge in [-0.2, -0.15) is 0 Å². The van der Waals surface area contributed by atoms with Gasteiger partial charge in [-0.3, -0.25) is 9.36 Å². The standard InChI is InChI=1S/C16H14ClFN2O2S2/c1-9(21)7-20-15(22)14-13(5-6-23-14)19-16(20)24-8-10-11(17)3-2-4-12(10)18/h2-6,9,21H,7-8H2,1H3/t9-/m0/s1. The van der Waals surface area contributed by atoms with Gasteiger partial charge in [0.2, 0.25) is 0 Å². The molecule has 1 N–H and O–H groups in total. The highest BCUT2D eigenvalue weighted by molar-refractivity contribution is 7.98. The van der Waals surface area contributed by atoms with Gasteiger partial charge in [-0.05, 0) is 30.5 Å². The van der Waals surface area contributed by atoms with Crippen LogP contribution < -0.4 is 5.56 Å². The average Bonchev–Trinajstić information content (AvgIpc) is 2.98. The smallest absolute Gasteiger partial charge is 0.272 e. The molecule has 24 heavy (non-hydrogen) atoms. The number of aliphatic hydroxyl groups excluding tert-OH is 1. The Morgan fingerprint density at radius 3 is 2.96 bits per heavy atom. The number of halogens is 2. The van der Waals surface area contributed by atoms with E-state index in [4.69, 9.17) is 11.6 Å². The zero-order valence-electron chi connectivity index (χ0n) is 12.7. The van der Waals surface area contributed by atoms with E-state index in [2.05, 4.69) is 4.98 Å². The lowest BCUT2D eigenvalue weighted by molar-refractivity contribution is 0.168. The van der Waals surface area contributed by atoms with Crippen molar-refractivity contribution in [3.05, 3.63) is 56.4 Å². The molecule has 0 aliphatic heterocycles. The third-order valence-corrected chi connectivity index (χ3v) is 5.63. The molecule has 0 spiro atoms. The van der Waals surface area contributed by atoms with Gasteiger partial charge in [0, 0.05) is 16.3 Å². The van der Waals surface area contributed by atoms with Crippen molar-refractivity contribution >= 4 is 44.9 Å². The van der Waals surface area contributed by atoms with E-state index >= 15 is 0 Å². The molecule has 0 saturated carbocycles. The van der Waals surface area contributed by atoms with Crippen LogP contribution in [0.5, 0.6) is 0 Å². The maximum Gasteiger partial charge on any atom is 0.272 e. The van der Waals surface area contributed by atoms with Crippen LogP contribution in [0.3, 0.4) is 0 Å². The number of hydrogen-bond acceptors (Lipinski definition) is 5. The summed E-state index contributed by atoms with van der Waals surface area (Å²) in [5.74, 6) is -0.149. The van der Waals surface area contributed by atoms with Crippen LogP contribution in [0.4, 0.5) is 4.39 Å². The first-order chi connectivity index (χ1) is 11.5. The molecular formula is C16H14ClFN2O2S2. The molecule has 1 aromatic carbocycles. The molecule has 3 aromatic rings. The van der Waals surface area contributed by atoms with E-state index in [0.717, 1.165) is 0 Å². The summed E-state index contributed by atoms with van der Waals surface area (Å²) in [4.78, 5) is 17.1. The van der Waals surface area contributed by atoms with Gasteiger partial charge in [-0.15, -0.1) is 11.3 Å². The number of benzene rings is 1. The monoisotopic (exact) mass is 384 g/mol. The highest BCUT2D eigenvalue weighted by Crippen LogP contribution is 2.28. The van der Waals surface area contributed by atoms with Crippen LogP contribution in [0.1, 0.15) is 12.5 Å². The Kier molecular flexibility index (Phi) is 5.24. The summed E-state index contributed by atoms with van der Waals surface area (Å²) in [6, 6.07) is 6.29. The van der Waals surface area contributed by atoms with Crippen molar-refractivity contribution in [3.63, 3.8) is 0 Å². The fourth-order valence-corrected chi connectivity index (χ4v) is 4.40. The average molecular weight is 385 g/mol. The third-order valence-electron chi connectivity index (χ3n) is 3.38. The van der Waals surface area contributed by atoms with E-state index < -0.39 is 11.9 Å². The van der Waals surface area contributed by atoms with Crippen molar-refractivity contribution in [1.29, 1.82) is 0 Å². The molecule has 0 saturated heterocycles. The quantitative estimate of drug-likeness (QED) is 0.535. The van der Waals surface area contributed by atoms with Crippen molar-refractivity contribution in [2.75, 3.05) is 0 Å². The van der Waals surface area contributed by atoms with E-state index in [9.17, 15) is 14.3 Å². The maximum absolute atomic E-state index is 13.9. The number of rotatable bonds is 5. The molecule has 0 fully saturated rings. The minimum absolute atomic E-state index is 0.132. The summed E-state index contributed by atoms with van der Waals surface area (Å²) < 4.78 is 15.9. The fraction of sp³-hybridized carbons (Fsp3) is 0.250. The molecular weight excluding hydrogens is 371 g/mol. The first-order valence-corrected chi connectivity index (χ1v) is 9.43. The SMILES string of the molecule is C[C@H](O)Cn1c(SCc2c(F)cccc2Cl)nc2ccsc2c1=O. The molecule has 0 aliphatic carbocycles. The largest absolute Gasteiger partial charge is 0.392 e. The molecule has 0 unspecified atom stereocenters. The second-order valence-corrected chi connectivity index (χ2v) is 7.55. The van der Waals surface area contributed by atoms with Crippen molar-refractivity contribution < 1.29 is 9.50 Å². The number of thiophene rings is 1. The Bertz CT molecular complexity index is 919. The topological polar surface area (TPSA) is 55.1 Å². The first kappa shape index (κ1) is 17.4. The summed E-state index contributed by atoms with van der Waals surface area (Å²) >= 11 is 8.59. The van der Waals surface area contributed by atoms with Gasteiger partial charge in [-0.25, -0.2) is 9.37 Å². The van der Waals surface area contributed by atoms with Gasteiger partial charge in [0.25, 0.3) is 5.56 Å². The number of aromatic nitrogens is 2. The van der Waals surface area contributed by atoms with Crippen molar-refractivity contribution in [1.82, 2.24) is 9.55 Å². The Balaban J connectivity index is 2.00. The van der Waals surface area contributed by atoms with Crippen LogP contribution in [-0.2, 0) is 12.3 Å². The van der Waals surface area contributed by atoms with Gasteiger partial charge >= 0.3 is 0 Å².